The molecule has 2 atom stereocenters. The van der Waals surface area contributed by atoms with E-state index >= 15 is 0 Å². The Labute approximate surface area is 297 Å². The molecule has 0 heterocycles. The van der Waals surface area contributed by atoms with Crippen molar-refractivity contribution in [3.63, 3.8) is 0 Å². The fourth-order valence-corrected chi connectivity index (χ4v) is 5.15. The highest BCUT2D eigenvalue weighted by Crippen LogP contribution is 2.35. The summed E-state index contributed by atoms with van der Waals surface area (Å²) in [5, 5.41) is 9.69. The van der Waals surface area contributed by atoms with Gasteiger partial charge < -0.3 is 24.4 Å². The fourth-order valence-electron chi connectivity index (χ4n) is 4.79. The van der Waals surface area contributed by atoms with Crippen LogP contribution in [0.2, 0.25) is 0 Å². The molecule has 0 saturated heterocycles. The van der Waals surface area contributed by atoms with Crippen LogP contribution in [0, 0.1) is 0 Å². The predicted molar refractivity (Wildman–Crippen MR) is 199 cm³/mol. The van der Waals surface area contributed by atoms with E-state index in [0.717, 1.165) is 70.6 Å². The lowest BCUT2D eigenvalue weighted by Crippen LogP contribution is -2.29. The number of aliphatic hydroxyl groups is 1. The summed E-state index contributed by atoms with van der Waals surface area (Å²) in [6.07, 6.45) is 38.6. The van der Waals surface area contributed by atoms with Crippen LogP contribution in [0.25, 0.3) is 0 Å². The molecule has 0 fully saturated rings. The first-order valence-electron chi connectivity index (χ1n) is 18.7. The Morgan fingerprint density at radius 1 is 0.612 bits per heavy atom. The largest absolute Gasteiger partial charge is 0.469 e. The lowest BCUT2D eigenvalue weighted by atomic mass is 10.1. The van der Waals surface area contributed by atoms with Crippen molar-refractivity contribution in [1.29, 1.82) is 0 Å². The van der Waals surface area contributed by atoms with Gasteiger partial charge in [0.2, 0.25) is 0 Å². The highest BCUT2D eigenvalue weighted by molar-refractivity contribution is 7.46. The molecular weight excluding hydrogens is 643 g/mol. The lowest BCUT2D eigenvalue weighted by molar-refractivity contribution is -0.161. The van der Waals surface area contributed by atoms with Crippen LogP contribution in [-0.4, -0.2) is 52.3 Å². The lowest BCUT2D eigenvalue weighted by Gasteiger charge is -2.18. The average Bonchev–Trinajstić information content (AvgIpc) is 3.06. The number of esters is 2. The van der Waals surface area contributed by atoms with Crippen molar-refractivity contribution in [1.82, 2.24) is 0 Å². The van der Waals surface area contributed by atoms with Gasteiger partial charge in [0, 0.05) is 12.8 Å². The normalized spacial score (nSPS) is 13.8. The molecule has 0 radical (unpaired) electrons. The molecule has 49 heavy (non-hydrogen) atoms. The van der Waals surface area contributed by atoms with Gasteiger partial charge >= 0.3 is 19.8 Å². The van der Waals surface area contributed by atoms with E-state index < -0.39 is 32.5 Å². The number of hydrogen-bond acceptors (Lipinski definition) is 7. The van der Waals surface area contributed by atoms with Gasteiger partial charge in [0.05, 0.1) is 12.7 Å². The summed E-state index contributed by atoms with van der Waals surface area (Å²) in [5.41, 5.74) is 0. The molecule has 9 nitrogen and oxygen atoms in total. The molecular formula is C39H67O9P. The second-order valence-corrected chi connectivity index (χ2v) is 13.6. The maximum atomic E-state index is 12.3. The highest BCUT2D eigenvalue weighted by Gasteiger charge is 2.22. The van der Waals surface area contributed by atoms with Gasteiger partial charge in [0.1, 0.15) is 6.61 Å². The van der Waals surface area contributed by atoms with Crippen LogP contribution in [-0.2, 0) is 28.2 Å². The molecule has 0 aliphatic carbocycles. The van der Waals surface area contributed by atoms with Crippen LogP contribution in [0.5, 0.6) is 0 Å². The summed E-state index contributed by atoms with van der Waals surface area (Å²) in [7, 11) is -4.78. The van der Waals surface area contributed by atoms with Crippen molar-refractivity contribution in [2.75, 3.05) is 13.2 Å². The molecule has 0 bridgehead atoms. The van der Waals surface area contributed by atoms with Crippen LogP contribution in [0.4, 0.5) is 0 Å². The fraction of sp³-hybridized carbons (Fsp3) is 0.692. The van der Waals surface area contributed by atoms with Crippen molar-refractivity contribution >= 4 is 19.8 Å². The Balaban J connectivity index is 4.13. The number of unbranched alkanes of at least 4 members (excludes halogenated alkanes) is 10. The van der Waals surface area contributed by atoms with E-state index in [9.17, 15) is 19.3 Å². The Bertz CT molecular complexity index is 996. The summed E-state index contributed by atoms with van der Waals surface area (Å²) >= 11 is 0. The van der Waals surface area contributed by atoms with Crippen molar-refractivity contribution < 1.29 is 43.0 Å². The molecule has 0 saturated carbocycles. The molecule has 0 spiro atoms. The van der Waals surface area contributed by atoms with E-state index in [4.69, 9.17) is 19.3 Å². The highest BCUT2D eigenvalue weighted by atomic mass is 31.2. The Kier molecular flexibility index (Phi) is 32.6. The molecule has 0 aromatic heterocycles. The molecule has 1 unspecified atom stereocenters. The SMILES string of the molecule is CCCCCC/C=C\CCCCCCCC(=O)OC[C@H](COP(=O)(O)O)OC(=O)CCC/C=C\C/C=C\C/C=C\C/C=C\CC(O)CCC. The van der Waals surface area contributed by atoms with Gasteiger partial charge in [-0.2, -0.15) is 0 Å². The number of hydrogen-bond donors (Lipinski definition) is 3. The van der Waals surface area contributed by atoms with E-state index in [1.54, 1.807) is 0 Å². The van der Waals surface area contributed by atoms with Crippen LogP contribution in [0.15, 0.2) is 60.8 Å². The van der Waals surface area contributed by atoms with Gasteiger partial charge in [-0.15, -0.1) is 0 Å². The van der Waals surface area contributed by atoms with Crippen molar-refractivity contribution in [3.05, 3.63) is 60.8 Å². The summed E-state index contributed by atoms with van der Waals surface area (Å²) in [5.74, 6) is -0.987. The van der Waals surface area contributed by atoms with Gasteiger partial charge in [-0.3, -0.25) is 14.1 Å². The van der Waals surface area contributed by atoms with E-state index in [-0.39, 0.29) is 25.6 Å². The molecule has 0 aliphatic rings. The number of carbonyl (C=O) groups is 2. The Morgan fingerprint density at radius 3 is 1.73 bits per heavy atom. The molecule has 0 aliphatic heterocycles. The summed E-state index contributed by atoms with van der Waals surface area (Å²) < 4.78 is 26.2. The quantitative estimate of drug-likeness (QED) is 0.0263. The molecule has 0 aromatic rings. The van der Waals surface area contributed by atoms with Crippen molar-refractivity contribution in [2.45, 2.75) is 161 Å². The van der Waals surface area contributed by atoms with E-state index in [1.807, 2.05) is 18.2 Å². The second-order valence-electron chi connectivity index (χ2n) is 12.4. The standard InChI is InChI=1S/C39H67O9P/c1-3-5-6-7-8-9-10-12-16-19-22-25-28-32-38(41)46-34-37(35-47-49(43,44)45)48-39(42)33-29-26-23-20-17-14-11-13-15-18-21-24-27-31-36(40)30-4-2/h9-11,14-15,18,20,23-24,27,36-37,40H,3-8,12-13,16-17,19,21-22,25-26,28-35H2,1-2H3,(H2,43,44,45)/b10-9-,14-11-,18-15-,23-20-,27-24-/t36?,37-/m1/s1. The smallest absolute Gasteiger partial charge is 0.462 e. The van der Waals surface area contributed by atoms with E-state index in [0.29, 0.717) is 25.7 Å². The Morgan fingerprint density at radius 2 is 1.12 bits per heavy atom. The first kappa shape index (κ1) is 46.7. The van der Waals surface area contributed by atoms with Crippen molar-refractivity contribution in [3.8, 4) is 0 Å². The number of aliphatic hydroxyl groups excluding tert-OH is 1. The number of phosphoric acid groups is 1. The first-order chi connectivity index (χ1) is 23.7. The maximum absolute atomic E-state index is 12.3. The van der Waals surface area contributed by atoms with Gasteiger partial charge in [-0.25, -0.2) is 4.57 Å². The van der Waals surface area contributed by atoms with Gasteiger partial charge in [0.25, 0.3) is 0 Å². The summed E-state index contributed by atoms with van der Waals surface area (Å²) in [4.78, 5) is 42.6. The summed E-state index contributed by atoms with van der Waals surface area (Å²) in [6.45, 7) is 3.39. The topological polar surface area (TPSA) is 140 Å². The predicted octanol–water partition coefficient (Wildman–Crippen LogP) is 9.92. The zero-order valence-corrected chi connectivity index (χ0v) is 31.3. The van der Waals surface area contributed by atoms with Gasteiger partial charge in [-0.05, 0) is 77.0 Å². The molecule has 0 aromatic carbocycles. The number of phosphoric ester groups is 1. The molecule has 3 N–H and O–H groups in total. The minimum Gasteiger partial charge on any atom is -0.462 e. The third-order valence-electron chi connectivity index (χ3n) is 7.56. The zero-order chi connectivity index (χ0) is 36.3. The summed E-state index contributed by atoms with van der Waals surface area (Å²) in [6, 6.07) is 0. The zero-order valence-electron chi connectivity index (χ0n) is 30.4. The minimum absolute atomic E-state index is 0.117. The van der Waals surface area contributed by atoms with Crippen LogP contribution in [0.3, 0.4) is 0 Å². The number of carbonyl (C=O) groups excluding carboxylic acids is 2. The van der Waals surface area contributed by atoms with E-state index in [2.05, 4.69) is 60.9 Å². The molecule has 282 valence electrons. The van der Waals surface area contributed by atoms with Crippen LogP contribution in [0.1, 0.15) is 149 Å². The molecule has 10 heteroatoms. The van der Waals surface area contributed by atoms with E-state index in [1.165, 1.54) is 25.7 Å². The minimum atomic E-state index is -4.78. The van der Waals surface area contributed by atoms with Crippen molar-refractivity contribution in [2.24, 2.45) is 0 Å². The van der Waals surface area contributed by atoms with Crippen LogP contribution < -0.4 is 0 Å². The maximum Gasteiger partial charge on any atom is 0.469 e. The molecule has 0 amide bonds. The number of allylic oxidation sites excluding steroid dienone is 9. The number of ether oxygens (including phenoxy) is 2. The average molecular weight is 711 g/mol. The van der Waals surface area contributed by atoms with Gasteiger partial charge in [-0.1, -0.05) is 120 Å². The third kappa shape index (κ3) is 36.8. The monoisotopic (exact) mass is 710 g/mol. The van der Waals surface area contributed by atoms with Crippen LogP contribution >= 0.6 is 7.82 Å². The second kappa shape index (κ2) is 34.2. The number of rotatable bonds is 33. The molecule has 0 rings (SSSR count). The third-order valence-corrected chi connectivity index (χ3v) is 8.05. The van der Waals surface area contributed by atoms with Gasteiger partial charge in [0.15, 0.2) is 6.10 Å². The Hall–Kier alpha value is -2.29. The first-order valence-corrected chi connectivity index (χ1v) is 20.2.